The highest BCUT2D eigenvalue weighted by molar-refractivity contribution is 5.75. The van der Waals surface area contributed by atoms with Crippen molar-refractivity contribution in [2.24, 2.45) is 17.1 Å². The molecular formula is C15H26N2O2. The van der Waals surface area contributed by atoms with Gasteiger partial charge in [0, 0.05) is 18.5 Å². The average Bonchev–Trinajstić information content (AvgIpc) is 2.83. The zero-order chi connectivity index (χ0) is 14.3. The van der Waals surface area contributed by atoms with E-state index in [0.29, 0.717) is 25.4 Å². The summed E-state index contributed by atoms with van der Waals surface area (Å²) in [6, 6.07) is 1.85. The van der Waals surface area contributed by atoms with Gasteiger partial charge in [-0.1, -0.05) is 20.8 Å². The molecule has 1 aromatic heterocycles. The molecule has 0 saturated carbocycles. The van der Waals surface area contributed by atoms with Crippen molar-refractivity contribution >= 4 is 5.91 Å². The Morgan fingerprint density at radius 2 is 2.16 bits per heavy atom. The van der Waals surface area contributed by atoms with Crippen molar-refractivity contribution in [1.29, 1.82) is 0 Å². The number of hydrogen-bond acceptors (Lipinski definition) is 3. The molecule has 3 N–H and O–H groups in total. The van der Waals surface area contributed by atoms with E-state index in [9.17, 15) is 4.79 Å². The molecule has 0 aliphatic heterocycles. The van der Waals surface area contributed by atoms with Crippen molar-refractivity contribution in [1.82, 2.24) is 5.32 Å². The molecule has 1 rings (SSSR count). The Kier molecular flexibility index (Phi) is 6.09. The molecule has 0 spiro atoms. The number of nitrogens with two attached hydrogens (primary N) is 1. The van der Waals surface area contributed by atoms with Gasteiger partial charge in [0.1, 0.15) is 0 Å². The lowest BCUT2D eigenvalue weighted by atomic mass is 9.76. The van der Waals surface area contributed by atoms with Gasteiger partial charge in [-0.15, -0.1) is 0 Å². The Bertz CT molecular complexity index is 366. The molecule has 0 radical (unpaired) electrons. The lowest BCUT2D eigenvalue weighted by molar-refractivity contribution is -0.121. The summed E-state index contributed by atoms with van der Waals surface area (Å²) in [6.45, 7) is 7.83. The fourth-order valence-electron chi connectivity index (χ4n) is 2.20. The highest BCUT2D eigenvalue weighted by Crippen LogP contribution is 2.31. The number of furan rings is 1. The quantitative estimate of drug-likeness (QED) is 0.797. The molecule has 0 saturated heterocycles. The Morgan fingerprint density at radius 3 is 2.68 bits per heavy atom. The van der Waals surface area contributed by atoms with Crippen LogP contribution in [0.2, 0.25) is 0 Å². The number of carbonyl (C=O) groups is 1. The zero-order valence-electron chi connectivity index (χ0n) is 12.2. The second-order valence-corrected chi connectivity index (χ2v) is 6.09. The number of nitrogens with one attached hydrogen (secondary N) is 1. The molecule has 1 atom stereocenters. The van der Waals surface area contributed by atoms with E-state index in [1.54, 1.807) is 12.5 Å². The Hall–Kier alpha value is -1.29. The first-order valence-corrected chi connectivity index (χ1v) is 6.91. The smallest absolute Gasteiger partial charge is 0.220 e. The Labute approximate surface area is 115 Å². The number of carbonyl (C=O) groups excluding carboxylic acids is 1. The summed E-state index contributed by atoms with van der Waals surface area (Å²) in [5, 5.41) is 2.90. The molecule has 0 aromatic carbocycles. The van der Waals surface area contributed by atoms with Crippen molar-refractivity contribution in [3.8, 4) is 0 Å². The van der Waals surface area contributed by atoms with E-state index in [2.05, 4.69) is 26.1 Å². The lowest BCUT2D eigenvalue weighted by Crippen LogP contribution is -2.27. The molecule has 108 valence electrons. The molecule has 0 bridgehead atoms. The van der Waals surface area contributed by atoms with Gasteiger partial charge in [0.25, 0.3) is 0 Å². The highest BCUT2D eigenvalue weighted by Gasteiger charge is 2.24. The molecule has 0 fully saturated rings. The molecule has 0 aliphatic carbocycles. The van der Waals surface area contributed by atoms with Crippen molar-refractivity contribution in [2.75, 3.05) is 6.54 Å². The van der Waals surface area contributed by atoms with Gasteiger partial charge in [-0.2, -0.15) is 0 Å². The van der Waals surface area contributed by atoms with Crippen LogP contribution < -0.4 is 11.1 Å². The number of rotatable bonds is 7. The largest absolute Gasteiger partial charge is 0.472 e. The van der Waals surface area contributed by atoms with E-state index in [4.69, 9.17) is 10.2 Å². The van der Waals surface area contributed by atoms with Gasteiger partial charge in [-0.3, -0.25) is 4.79 Å². The molecule has 4 nitrogen and oxygen atoms in total. The molecule has 1 aromatic rings. The summed E-state index contributed by atoms with van der Waals surface area (Å²) in [5.41, 5.74) is 6.83. The molecule has 4 heteroatoms. The van der Waals surface area contributed by atoms with Gasteiger partial charge in [0.15, 0.2) is 0 Å². The second kappa shape index (κ2) is 7.34. The molecule has 1 heterocycles. The Balaban J connectivity index is 2.31. The topological polar surface area (TPSA) is 68.3 Å². The first-order chi connectivity index (χ1) is 8.93. The van der Waals surface area contributed by atoms with Crippen LogP contribution in [0.5, 0.6) is 0 Å². The van der Waals surface area contributed by atoms with Crippen molar-refractivity contribution in [3.63, 3.8) is 0 Å². The number of hydrogen-bond donors (Lipinski definition) is 2. The van der Waals surface area contributed by atoms with Gasteiger partial charge >= 0.3 is 0 Å². The third-order valence-electron chi connectivity index (χ3n) is 3.53. The molecule has 19 heavy (non-hydrogen) atoms. The van der Waals surface area contributed by atoms with E-state index in [1.165, 1.54) is 0 Å². The van der Waals surface area contributed by atoms with Gasteiger partial charge < -0.3 is 15.5 Å². The highest BCUT2D eigenvalue weighted by atomic mass is 16.3. The van der Waals surface area contributed by atoms with Gasteiger partial charge in [-0.05, 0) is 36.8 Å². The fraction of sp³-hybridized carbons (Fsp3) is 0.667. The maximum Gasteiger partial charge on any atom is 0.220 e. The minimum absolute atomic E-state index is 0.0903. The monoisotopic (exact) mass is 266 g/mol. The zero-order valence-corrected chi connectivity index (χ0v) is 12.2. The van der Waals surface area contributed by atoms with Crippen molar-refractivity contribution in [3.05, 3.63) is 24.2 Å². The SMILES string of the molecule is CC(C)(C)C(CCN)CCC(=O)NCc1ccoc1. The van der Waals surface area contributed by atoms with E-state index < -0.39 is 0 Å². The van der Waals surface area contributed by atoms with Crippen LogP contribution in [0.15, 0.2) is 23.0 Å². The summed E-state index contributed by atoms with van der Waals surface area (Å²) < 4.78 is 4.96. The van der Waals surface area contributed by atoms with E-state index in [0.717, 1.165) is 18.4 Å². The van der Waals surface area contributed by atoms with Crippen molar-refractivity contribution in [2.45, 2.75) is 46.6 Å². The average molecular weight is 266 g/mol. The van der Waals surface area contributed by atoms with Gasteiger partial charge in [0.2, 0.25) is 5.91 Å². The van der Waals surface area contributed by atoms with Crippen LogP contribution in [0, 0.1) is 11.3 Å². The van der Waals surface area contributed by atoms with Crippen LogP contribution in [0.25, 0.3) is 0 Å². The summed E-state index contributed by atoms with van der Waals surface area (Å²) in [7, 11) is 0. The predicted octanol–water partition coefficient (Wildman–Crippen LogP) is 2.69. The minimum atomic E-state index is 0.0903. The van der Waals surface area contributed by atoms with Crippen LogP contribution in [-0.4, -0.2) is 12.5 Å². The van der Waals surface area contributed by atoms with Gasteiger partial charge in [-0.25, -0.2) is 0 Å². The van der Waals surface area contributed by atoms with E-state index in [1.807, 2.05) is 6.07 Å². The molecule has 1 amide bonds. The summed E-state index contributed by atoms with van der Waals surface area (Å²) in [5.74, 6) is 0.574. The minimum Gasteiger partial charge on any atom is -0.472 e. The normalized spacial score (nSPS) is 13.3. The van der Waals surface area contributed by atoms with E-state index >= 15 is 0 Å². The second-order valence-electron chi connectivity index (χ2n) is 6.09. The summed E-state index contributed by atoms with van der Waals surface area (Å²) >= 11 is 0. The maximum absolute atomic E-state index is 11.8. The van der Waals surface area contributed by atoms with Crippen molar-refractivity contribution < 1.29 is 9.21 Å². The molecule has 1 unspecified atom stereocenters. The number of amides is 1. The lowest BCUT2D eigenvalue weighted by Gasteiger charge is -2.30. The van der Waals surface area contributed by atoms with Gasteiger partial charge in [0.05, 0.1) is 12.5 Å². The fourth-order valence-corrected chi connectivity index (χ4v) is 2.20. The molecule has 0 aliphatic rings. The third kappa shape index (κ3) is 5.92. The Morgan fingerprint density at radius 1 is 1.42 bits per heavy atom. The van der Waals surface area contributed by atoms with Crippen LogP contribution >= 0.6 is 0 Å². The first kappa shape index (κ1) is 15.8. The molecular weight excluding hydrogens is 240 g/mol. The van der Waals surface area contributed by atoms with Crippen LogP contribution in [0.1, 0.15) is 45.6 Å². The summed E-state index contributed by atoms with van der Waals surface area (Å²) in [4.78, 5) is 11.8. The first-order valence-electron chi connectivity index (χ1n) is 6.91. The van der Waals surface area contributed by atoms with E-state index in [-0.39, 0.29) is 11.3 Å². The van der Waals surface area contributed by atoms with Crippen LogP contribution in [-0.2, 0) is 11.3 Å². The summed E-state index contributed by atoms with van der Waals surface area (Å²) in [6.07, 6.45) is 5.67. The third-order valence-corrected chi connectivity index (χ3v) is 3.53. The predicted molar refractivity (Wildman–Crippen MR) is 76.4 cm³/mol. The van der Waals surface area contributed by atoms with Crippen LogP contribution in [0.4, 0.5) is 0 Å². The van der Waals surface area contributed by atoms with Crippen LogP contribution in [0.3, 0.4) is 0 Å². The maximum atomic E-state index is 11.8. The standard InChI is InChI=1S/C15H26N2O2/c1-15(2,3)13(6-8-16)4-5-14(18)17-10-12-7-9-19-11-12/h7,9,11,13H,4-6,8,10,16H2,1-3H3,(H,17,18).